The zero-order chi connectivity index (χ0) is 13.8. The van der Waals surface area contributed by atoms with Gasteiger partial charge in [-0.2, -0.15) is 0 Å². The molecule has 0 fully saturated rings. The first-order valence-electron chi connectivity index (χ1n) is 6.06. The average molecular weight is 253 g/mol. The average Bonchev–Trinajstić information content (AvgIpc) is 2.37. The molecule has 19 heavy (non-hydrogen) atoms. The van der Waals surface area contributed by atoms with E-state index in [1.54, 1.807) is 19.1 Å². The minimum absolute atomic E-state index is 0.160. The van der Waals surface area contributed by atoms with Gasteiger partial charge in [-0.1, -0.05) is 36.4 Å². The molecule has 0 spiro atoms. The maximum absolute atomic E-state index is 10.7. The molecule has 2 aromatic carbocycles. The first-order valence-corrected chi connectivity index (χ1v) is 6.06. The lowest BCUT2D eigenvalue weighted by atomic mass is 10.1. The predicted molar refractivity (Wildman–Crippen MR) is 77.9 cm³/mol. The van der Waals surface area contributed by atoms with Crippen LogP contribution in [-0.4, -0.2) is 4.92 Å². The second kappa shape index (κ2) is 5.48. The molecule has 0 unspecified atom stereocenters. The highest BCUT2D eigenvalue weighted by molar-refractivity contribution is 5.71. The second-order valence-corrected chi connectivity index (χ2v) is 4.49. The van der Waals surface area contributed by atoms with Crippen molar-refractivity contribution in [3.8, 4) is 0 Å². The van der Waals surface area contributed by atoms with Crippen molar-refractivity contribution in [3.05, 3.63) is 74.8 Å². The van der Waals surface area contributed by atoms with E-state index < -0.39 is 0 Å². The molecule has 0 atom stereocenters. The van der Waals surface area contributed by atoms with Crippen LogP contribution in [0.15, 0.2) is 42.5 Å². The Kier molecular flexibility index (Phi) is 3.76. The Morgan fingerprint density at radius 2 is 1.74 bits per heavy atom. The van der Waals surface area contributed by atoms with Crippen molar-refractivity contribution in [2.45, 2.75) is 13.8 Å². The number of rotatable bonds is 3. The van der Waals surface area contributed by atoms with Gasteiger partial charge in [-0.3, -0.25) is 10.1 Å². The standard InChI is InChI=1S/C16H15NO2/c1-12-5-3-4-6-15(12)9-7-14-8-10-16(17(18)19)13(2)11-14/h3-11H,1-2H3/b9-7+. The second-order valence-electron chi connectivity index (χ2n) is 4.49. The summed E-state index contributed by atoms with van der Waals surface area (Å²) in [5.41, 5.74) is 4.16. The Morgan fingerprint density at radius 3 is 2.37 bits per heavy atom. The van der Waals surface area contributed by atoms with Gasteiger partial charge in [0.2, 0.25) is 0 Å². The Hall–Kier alpha value is -2.42. The van der Waals surface area contributed by atoms with Crippen molar-refractivity contribution >= 4 is 17.8 Å². The Bertz CT molecular complexity index is 645. The number of aryl methyl sites for hydroxylation is 2. The third kappa shape index (κ3) is 3.07. The normalized spacial score (nSPS) is 10.8. The van der Waals surface area contributed by atoms with Crippen LogP contribution >= 0.6 is 0 Å². The van der Waals surface area contributed by atoms with Crippen molar-refractivity contribution in [3.63, 3.8) is 0 Å². The molecule has 3 nitrogen and oxygen atoms in total. The van der Waals surface area contributed by atoms with E-state index in [4.69, 9.17) is 0 Å². The number of nitro benzene ring substituents is 1. The fraction of sp³-hybridized carbons (Fsp3) is 0.125. The maximum atomic E-state index is 10.7. The van der Waals surface area contributed by atoms with Gasteiger partial charge in [0.05, 0.1) is 4.92 Å². The fourth-order valence-corrected chi connectivity index (χ4v) is 1.95. The molecule has 0 saturated heterocycles. The number of hydrogen-bond acceptors (Lipinski definition) is 2. The number of nitro groups is 1. The molecule has 0 N–H and O–H groups in total. The smallest absolute Gasteiger partial charge is 0.258 e. The van der Waals surface area contributed by atoms with E-state index in [1.807, 2.05) is 36.4 Å². The molecule has 2 aromatic rings. The van der Waals surface area contributed by atoms with Crippen LogP contribution in [0.3, 0.4) is 0 Å². The van der Waals surface area contributed by atoms with Gasteiger partial charge in [0.1, 0.15) is 0 Å². The third-order valence-electron chi connectivity index (χ3n) is 3.06. The van der Waals surface area contributed by atoms with Crippen LogP contribution in [0.2, 0.25) is 0 Å². The monoisotopic (exact) mass is 253 g/mol. The molecule has 0 radical (unpaired) electrons. The van der Waals surface area contributed by atoms with Gasteiger partial charge in [-0.25, -0.2) is 0 Å². The molecule has 0 amide bonds. The molecule has 2 rings (SSSR count). The summed E-state index contributed by atoms with van der Waals surface area (Å²) in [7, 11) is 0. The van der Waals surface area contributed by atoms with Crippen LogP contribution in [0.4, 0.5) is 5.69 Å². The lowest BCUT2D eigenvalue weighted by molar-refractivity contribution is -0.385. The highest BCUT2D eigenvalue weighted by Crippen LogP contribution is 2.20. The topological polar surface area (TPSA) is 43.1 Å². The zero-order valence-electron chi connectivity index (χ0n) is 11.0. The van der Waals surface area contributed by atoms with Gasteiger partial charge in [0.25, 0.3) is 5.69 Å². The van der Waals surface area contributed by atoms with Crippen LogP contribution < -0.4 is 0 Å². The molecule has 0 saturated carbocycles. The Morgan fingerprint density at radius 1 is 1.00 bits per heavy atom. The Balaban J connectivity index is 2.27. The SMILES string of the molecule is Cc1ccccc1/C=C/c1ccc([N+](=O)[O-])c(C)c1. The summed E-state index contributed by atoms with van der Waals surface area (Å²) in [5, 5.41) is 10.7. The van der Waals surface area contributed by atoms with Gasteiger partial charge < -0.3 is 0 Å². The van der Waals surface area contributed by atoms with Gasteiger partial charge >= 0.3 is 0 Å². The molecule has 0 aromatic heterocycles. The molecular weight excluding hydrogens is 238 g/mol. The highest BCUT2D eigenvalue weighted by Gasteiger charge is 2.08. The number of hydrogen-bond donors (Lipinski definition) is 0. The minimum atomic E-state index is -0.357. The predicted octanol–water partition coefficient (Wildman–Crippen LogP) is 4.38. The van der Waals surface area contributed by atoms with Crippen LogP contribution in [0.25, 0.3) is 12.2 Å². The zero-order valence-corrected chi connectivity index (χ0v) is 11.0. The van der Waals surface area contributed by atoms with Crippen molar-refractivity contribution < 1.29 is 4.92 Å². The first-order chi connectivity index (χ1) is 9.08. The lowest BCUT2D eigenvalue weighted by Gasteiger charge is -2.00. The quantitative estimate of drug-likeness (QED) is 0.462. The molecule has 0 aliphatic heterocycles. The summed E-state index contributed by atoms with van der Waals surface area (Å²) in [6.07, 6.45) is 4.00. The van der Waals surface area contributed by atoms with Crippen molar-refractivity contribution in [1.82, 2.24) is 0 Å². The van der Waals surface area contributed by atoms with Gasteiger partial charge in [-0.05, 0) is 42.7 Å². The van der Waals surface area contributed by atoms with Gasteiger partial charge in [-0.15, -0.1) is 0 Å². The summed E-state index contributed by atoms with van der Waals surface area (Å²) < 4.78 is 0. The van der Waals surface area contributed by atoms with E-state index in [0.29, 0.717) is 5.56 Å². The fourth-order valence-electron chi connectivity index (χ4n) is 1.95. The molecular formula is C16H15NO2. The summed E-state index contributed by atoms with van der Waals surface area (Å²) in [5.74, 6) is 0. The minimum Gasteiger partial charge on any atom is -0.258 e. The van der Waals surface area contributed by atoms with Crippen LogP contribution in [-0.2, 0) is 0 Å². The number of nitrogens with zero attached hydrogens (tertiary/aromatic N) is 1. The van der Waals surface area contributed by atoms with E-state index >= 15 is 0 Å². The molecule has 0 aliphatic carbocycles. The van der Waals surface area contributed by atoms with Gasteiger partial charge in [0, 0.05) is 11.6 Å². The van der Waals surface area contributed by atoms with Crippen molar-refractivity contribution in [1.29, 1.82) is 0 Å². The van der Waals surface area contributed by atoms with Crippen LogP contribution in [0.1, 0.15) is 22.3 Å². The van der Waals surface area contributed by atoms with Gasteiger partial charge in [0.15, 0.2) is 0 Å². The van der Waals surface area contributed by atoms with E-state index in [-0.39, 0.29) is 10.6 Å². The summed E-state index contributed by atoms with van der Waals surface area (Å²) in [6, 6.07) is 13.2. The Labute approximate surface area is 112 Å². The maximum Gasteiger partial charge on any atom is 0.272 e. The lowest BCUT2D eigenvalue weighted by Crippen LogP contribution is -1.91. The van der Waals surface area contributed by atoms with E-state index in [2.05, 4.69) is 13.0 Å². The van der Waals surface area contributed by atoms with E-state index in [9.17, 15) is 10.1 Å². The van der Waals surface area contributed by atoms with E-state index in [0.717, 1.165) is 11.1 Å². The molecule has 0 aliphatic rings. The number of benzene rings is 2. The summed E-state index contributed by atoms with van der Waals surface area (Å²) in [4.78, 5) is 10.4. The third-order valence-corrected chi connectivity index (χ3v) is 3.06. The molecule has 3 heteroatoms. The molecule has 96 valence electrons. The van der Waals surface area contributed by atoms with Crippen molar-refractivity contribution in [2.75, 3.05) is 0 Å². The summed E-state index contributed by atoms with van der Waals surface area (Å²) in [6.45, 7) is 3.81. The largest absolute Gasteiger partial charge is 0.272 e. The first kappa shape index (κ1) is 13.0. The van der Waals surface area contributed by atoms with Crippen LogP contribution in [0.5, 0.6) is 0 Å². The summed E-state index contributed by atoms with van der Waals surface area (Å²) >= 11 is 0. The highest BCUT2D eigenvalue weighted by atomic mass is 16.6. The van der Waals surface area contributed by atoms with E-state index in [1.165, 1.54) is 5.56 Å². The van der Waals surface area contributed by atoms with Crippen molar-refractivity contribution in [2.24, 2.45) is 0 Å². The molecule has 0 bridgehead atoms. The van der Waals surface area contributed by atoms with Crippen LogP contribution in [0, 0.1) is 24.0 Å². The molecule has 0 heterocycles.